The number of amides is 1. The molecule has 1 saturated carbocycles. The summed E-state index contributed by atoms with van der Waals surface area (Å²) in [6.45, 7) is 1.56. The lowest BCUT2D eigenvalue weighted by atomic mass is 10.1. The monoisotopic (exact) mass is 353 g/mol. The number of hydrogen-bond acceptors (Lipinski definition) is 4. The fourth-order valence-electron chi connectivity index (χ4n) is 2.66. The zero-order valence-electron chi connectivity index (χ0n) is 12.3. The lowest BCUT2D eigenvalue weighted by Gasteiger charge is -2.17. The Morgan fingerprint density at radius 3 is 2.90 bits per heavy atom. The van der Waals surface area contributed by atoms with E-state index in [0.29, 0.717) is 6.61 Å². The summed E-state index contributed by atoms with van der Waals surface area (Å²) in [6.07, 6.45) is 2.60. The van der Waals surface area contributed by atoms with E-state index < -0.39 is 0 Å². The van der Waals surface area contributed by atoms with Crippen LogP contribution in [0.25, 0.3) is 0 Å². The normalized spacial score (nSPS) is 20.6. The van der Waals surface area contributed by atoms with Crippen molar-refractivity contribution in [3.05, 3.63) is 22.2 Å². The summed E-state index contributed by atoms with van der Waals surface area (Å²) in [5.41, 5.74) is 1.78. The number of likely N-dealkylation sites (N-methyl/N-ethyl adjacent to an activating group) is 2. The SMILES string of the molecule is CNC1C(=O)Nc2cc(OCCN(C)C3CC3)c(Br)cc21. The maximum Gasteiger partial charge on any atom is 0.246 e. The molecule has 1 fully saturated rings. The summed E-state index contributed by atoms with van der Waals surface area (Å²) in [6, 6.07) is 4.30. The number of carbonyl (C=O) groups is 1. The first-order valence-corrected chi connectivity index (χ1v) is 8.04. The number of nitrogens with one attached hydrogen (secondary N) is 2. The number of fused-ring (bicyclic) bond motifs is 1. The van der Waals surface area contributed by atoms with Crippen molar-refractivity contribution in [2.75, 3.05) is 32.6 Å². The Balaban J connectivity index is 1.66. The van der Waals surface area contributed by atoms with Gasteiger partial charge in [-0.1, -0.05) is 0 Å². The number of benzene rings is 1. The molecule has 1 atom stereocenters. The molecule has 1 amide bonds. The first-order valence-electron chi connectivity index (χ1n) is 7.24. The number of ether oxygens (including phenoxy) is 1. The third-order valence-corrected chi connectivity index (χ3v) is 4.72. The number of carbonyl (C=O) groups excluding carboxylic acids is 1. The van der Waals surface area contributed by atoms with Gasteiger partial charge in [-0.15, -0.1) is 0 Å². The van der Waals surface area contributed by atoms with Gasteiger partial charge in [-0.25, -0.2) is 0 Å². The second-order valence-corrected chi connectivity index (χ2v) is 6.50. The summed E-state index contributed by atoms with van der Waals surface area (Å²) in [4.78, 5) is 14.2. The van der Waals surface area contributed by atoms with Crippen molar-refractivity contribution in [1.82, 2.24) is 10.2 Å². The zero-order valence-corrected chi connectivity index (χ0v) is 13.9. The molecule has 5 nitrogen and oxygen atoms in total. The molecule has 1 aliphatic carbocycles. The van der Waals surface area contributed by atoms with E-state index in [1.165, 1.54) is 12.8 Å². The van der Waals surface area contributed by atoms with Gasteiger partial charge in [0, 0.05) is 29.9 Å². The van der Waals surface area contributed by atoms with E-state index in [9.17, 15) is 4.79 Å². The predicted molar refractivity (Wildman–Crippen MR) is 85.7 cm³/mol. The number of hydrogen-bond donors (Lipinski definition) is 2. The van der Waals surface area contributed by atoms with Crippen molar-refractivity contribution in [1.29, 1.82) is 0 Å². The summed E-state index contributed by atoms with van der Waals surface area (Å²) in [7, 11) is 3.92. The standard InChI is InChI=1S/C15H20BrN3O2/c1-17-14-10-7-11(16)13(8-12(10)18-15(14)20)21-6-5-19(2)9-3-4-9/h7-9,14,17H,3-6H2,1-2H3,(H,18,20). The molecular weight excluding hydrogens is 334 g/mol. The van der Waals surface area contributed by atoms with Crippen molar-refractivity contribution in [2.45, 2.75) is 24.9 Å². The van der Waals surface area contributed by atoms with Crippen LogP contribution in [0.15, 0.2) is 16.6 Å². The first-order chi connectivity index (χ1) is 10.1. The number of nitrogens with zero attached hydrogens (tertiary/aromatic N) is 1. The van der Waals surface area contributed by atoms with Crippen LogP contribution in [0.1, 0.15) is 24.4 Å². The second kappa shape index (κ2) is 5.94. The van der Waals surface area contributed by atoms with E-state index in [-0.39, 0.29) is 11.9 Å². The molecule has 114 valence electrons. The van der Waals surface area contributed by atoms with Crippen LogP contribution < -0.4 is 15.4 Å². The highest BCUT2D eigenvalue weighted by Crippen LogP contribution is 2.38. The van der Waals surface area contributed by atoms with Gasteiger partial charge in [0.15, 0.2) is 0 Å². The smallest absolute Gasteiger partial charge is 0.246 e. The highest BCUT2D eigenvalue weighted by atomic mass is 79.9. The molecular formula is C15H20BrN3O2. The topological polar surface area (TPSA) is 53.6 Å². The molecule has 21 heavy (non-hydrogen) atoms. The minimum absolute atomic E-state index is 0.0231. The van der Waals surface area contributed by atoms with Gasteiger partial charge in [0.25, 0.3) is 0 Å². The van der Waals surface area contributed by atoms with Gasteiger partial charge in [-0.3, -0.25) is 4.79 Å². The van der Waals surface area contributed by atoms with Gasteiger partial charge in [-0.05, 0) is 48.9 Å². The van der Waals surface area contributed by atoms with Crippen LogP contribution in [-0.2, 0) is 4.79 Å². The first kappa shape index (κ1) is 14.8. The van der Waals surface area contributed by atoms with Gasteiger partial charge >= 0.3 is 0 Å². The highest BCUT2D eigenvalue weighted by Gasteiger charge is 2.30. The quantitative estimate of drug-likeness (QED) is 0.822. The number of anilines is 1. The van der Waals surface area contributed by atoms with Crippen LogP contribution in [0.3, 0.4) is 0 Å². The maximum atomic E-state index is 11.8. The van der Waals surface area contributed by atoms with E-state index >= 15 is 0 Å². The van der Waals surface area contributed by atoms with Crippen LogP contribution in [0.2, 0.25) is 0 Å². The Kier molecular flexibility index (Phi) is 4.19. The summed E-state index contributed by atoms with van der Waals surface area (Å²) in [5, 5.41) is 5.89. The molecule has 1 aromatic rings. The zero-order chi connectivity index (χ0) is 15.0. The van der Waals surface area contributed by atoms with E-state index in [0.717, 1.165) is 34.1 Å². The van der Waals surface area contributed by atoms with Gasteiger partial charge < -0.3 is 20.3 Å². The van der Waals surface area contributed by atoms with Crippen LogP contribution in [0.5, 0.6) is 5.75 Å². The van der Waals surface area contributed by atoms with Gasteiger partial charge in [0.1, 0.15) is 18.4 Å². The van der Waals surface area contributed by atoms with Gasteiger partial charge in [0.05, 0.1) is 4.47 Å². The van der Waals surface area contributed by atoms with Crippen molar-refractivity contribution >= 4 is 27.5 Å². The average Bonchev–Trinajstić information content (AvgIpc) is 3.24. The molecule has 1 aliphatic heterocycles. The minimum Gasteiger partial charge on any atom is -0.491 e. The second-order valence-electron chi connectivity index (χ2n) is 5.64. The lowest BCUT2D eigenvalue weighted by molar-refractivity contribution is -0.117. The summed E-state index contributed by atoms with van der Waals surface area (Å²) >= 11 is 3.53. The molecule has 0 saturated heterocycles. The van der Waals surface area contributed by atoms with Crippen LogP contribution >= 0.6 is 15.9 Å². The van der Waals surface area contributed by atoms with Crippen LogP contribution in [0.4, 0.5) is 5.69 Å². The van der Waals surface area contributed by atoms with Crippen LogP contribution in [0, 0.1) is 0 Å². The largest absolute Gasteiger partial charge is 0.491 e. The molecule has 1 aromatic carbocycles. The van der Waals surface area contributed by atoms with E-state index in [4.69, 9.17) is 4.74 Å². The van der Waals surface area contributed by atoms with E-state index in [1.807, 2.05) is 12.1 Å². The Morgan fingerprint density at radius 1 is 1.48 bits per heavy atom. The molecule has 0 spiro atoms. The molecule has 6 heteroatoms. The highest BCUT2D eigenvalue weighted by molar-refractivity contribution is 9.10. The maximum absolute atomic E-state index is 11.8. The summed E-state index contributed by atoms with van der Waals surface area (Å²) in [5.74, 6) is 0.750. The summed E-state index contributed by atoms with van der Waals surface area (Å²) < 4.78 is 6.74. The van der Waals surface area contributed by atoms with Crippen molar-refractivity contribution in [2.24, 2.45) is 0 Å². The molecule has 1 heterocycles. The average molecular weight is 354 g/mol. The molecule has 2 aliphatic rings. The third-order valence-electron chi connectivity index (χ3n) is 4.10. The molecule has 2 N–H and O–H groups in total. The molecule has 3 rings (SSSR count). The van der Waals surface area contributed by atoms with E-state index in [2.05, 4.69) is 38.5 Å². The van der Waals surface area contributed by atoms with Crippen LogP contribution in [-0.4, -0.2) is 44.1 Å². The number of rotatable bonds is 6. The minimum atomic E-state index is -0.286. The van der Waals surface area contributed by atoms with Gasteiger partial charge in [-0.2, -0.15) is 0 Å². The Bertz CT molecular complexity index is 560. The number of halogens is 1. The van der Waals surface area contributed by atoms with Crippen molar-refractivity contribution in [3.63, 3.8) is 0 Å². The Labute approximate surface area is 133 Å². The van der Waals surface area contributed by atoms with Crippen molar-refractivity contribution < 1.29 is 9.53 Å². The fourth-order valence-corrected chi connectivity index (χ4v) is 3.13. The molecule has 0 radical (unpaired) electrons. The fraction of sp³-hybridized carbons (Fsp3) is 0.533. The molecule has 0 bridgehead atoms. The molecule has 1 unspecified atom stereocenters. The Morgan fingerprint density at radius 2 is 2.24 bits per heavy atom. The lowest BCUT2D eigenvalue weighted by Crippen LogP contribution is -2.26. The van der Waals surface area contributed by atoms with E-state index in [1.54, 1.807) is 7.05 Å². The van der Waals surface area contributed by atoms with Crippen molar-refractivity contribution in [3.8, 4) is 5.75 Å². The molecule has 0 aromatic heterocycles. The predicted octanol–water partition coefficient (Wildman–Crippen LogP) is 2.13. The Hall–Kier alpha value is -1.11. The van der Waals surface area contributed by atoms with Gasteiger partial charge in [0.2, 0.25) is 5.91 Å². The third kappa shape index (κ3) is 3.07.